The Labute approximate surface area is 299 Å². The Hall–Kier alpha value is -6.85. The van der Waals surface area contributed by atoms with E-state index >= 15 is 0 Å². The average molecular weight is 669 g/mol. The molecular formula is C47H32N4O. The minimum Gasteiger partial charge on any atom is -0.456 e. The highest BCUT2D eigenvalue weighted by atomic mass is 16.3. The van der Waals surface area contributed by atoms with Crippen LogP contribution in [0.25, 0.3) is 77.1 Å². The summed E-state index contributed by atoms with van der Waals surface area (Å²) in [6.45, 7) is 0. The van der Waals surface area contributed by atoms with E-state index < -0.39 is 0 Å². The predicted molar refractivity (Wildman–Crippen MR) is 215 cm³/mol. The highest BCUT2D eigenvalue weighted by molar-refractivity contribution is 6.10. The Bertz CT molecular complexity index is 2960. The molecule has 0 saturated carbocycles. The zero-order valence-corrected chi connectivity index (χ0v) is 28.4. The maximum absolute atomic E-state index is 6.70. The number of aliphatic imine (C=N–C) groups is 1. The van der Waals surface area contributed by atoms with E-state index in [0.717, 1.165) is 50.5 Å². The standard InChI is InChI=1S/C47H32N4O/c1-49-29-48-45-39-28-31(30-12-10-14-33(26-30)50-40-20-6-2-16-35(40)36-17-3-7-21-41(36)50)24-25-44(39)52-47(45)46(49)32-13-11-15-34(27-32)51-42-22-8-4-18-37(42)38-19-5-9-23-43(38)51/h2-29,46H,1H3. The molecule has 1 aliphatic heterocycles. The molecule has 52 heavy (non-hydrogen) atoms. The fraction of sp³-hybridized carbons (Fsp3) is 0.0426. The highest BCUT2D eigenvalue weighted by Gasteiger charge is 2.30. The van der Waals surface area contributed by atoms with Crippen LogP contribution in [0.2, 0.25) is 0 Å². The molecule has 3 aromatic heterocycles. The van der Waals surface area contributed by atoms with Crippen LogP contribution in [0.1, 0.15) is 17.4 Å². The van der Waals surface area contributed by atoms with Gasteiger partial charge in [0.2, 0.25) is 0 Å². The first-order valence-electron chi connectivity index (χ1n) is 17.7. The molecule has 1 atom stereocenters. The van der Waals surface area contributed by atoms with Crippen molar-refractivity contribution in [1.82, 2.24) is 14.0 Å². The van der Waals surface area contributed by atoms with Gasteiger partial charge in [0.15, 0.2) is 5.76 Å². The summed E-state index contributed by atoms with van der Waals surface area (Å²) in [6, 6.07) is 58.6. The van der Waals surface area contributed by atoms with Crippen LogP contribution in [0.3, 0.4) is 0 Å². The first kappa shape index (κ1) is 28.9. The maximum Gasteiger partial charge on any atom is 0.157 e. The van der Waals surface area contributed by atoms with Crippen molar-refractivity contribution < 1.29 is 4.42 Å². The van der Waals surface area contributed by atoms with Gasteiger partial charge in [-0.25, -0.2) is 4.99 Å². The van der Waals surface area contributed by atoms with E-state index in [1.807, 2.05) is 6.34 Å². The molecule has 0 spiro atoms. The fourth-order valence-electron chi connectivity index (χ4n) is 8.45. The molecule has 5 nitrogen and oxygen atoms in total. The number of hydrogen-bond acceptors (Lipinski definition) is 3. The molecule has 4 heterocycles. The van der Waals surface area contributed by atoms with Gasteiger partial charge in [0, 0.05) is 45.4 Å². The Morgan fingerprint density at radius 1 is 0.481 bits per heavy atom. The smallest absolute Gasteiger partial charge is 0.157 e. The lowest BCUT2D eigenvalue weighted by molar-refractivity contribution is 0.368. The molecule has 0 fully saturated rings. The SMILES string of the molecule is CN1C=Nc2c(oc3ccc(-c4cccc(-n5c6ccccc6c6ccccc65)c4)cc23)C1c1cccc(-n2c3ccccc3c3ccccc32)c1. The number of aromatic nitrogens is 2. The Morgan fingerprint density at radius 3 is 1.60 bits per heavy atom. The number of fused-ring (bicyclic) bond motifs is 9. The Kier molecular flexibility index (Phi) is 6.16. The summed E-state index contributed by atoms with van der Waals surface area (Å²) >= 11 is 0. The van der Waals surface area contributed by atoms with Crippen molar-refractivity contribution in [1.29, 1.82) is 0 Å². The quantitative estimate of drug-likeness (QED) is 0.187. The van der Waals surface area contributed by atoms with Gasteiger partial charge in [-0.05, 0) is 77.4 Å². The third-order valence-corrected chi connectivity index (χ3v) is 10.8. The van der Waals surface area contributed by atoms with Crippen molar-refractivity contribution in [2.24, 2.45) is 4.99 Å². The van der Waals surface area contributed by atoms with E-state index in [-0.39, 0.29) is 6.04 Å². The predicted octanol–water partition coefficient (Wildman–Crippen LogP) is 12.0. The van der Waals surface area contributed by atoms with Gasteiger partial charge in [-0.3, -0.25) is 0 Å². The molecular weight excluding hydrogens is 637 g/mol. The van der Waals surface area contributed by atoms with Crippen LogP contribution in [0, 0.1) is 0 Å². The van der Waals surface area contributed by atoms with Gasteiger partial charge < -0.3 is 18.5 Å². The second kappa shape index (κ2) is 11.1. The van der Waals surface area contributed by atoms with E-state index in [0.29, 0.717) is 0 Å². The third-order valence-electron chi connectivity index (χ3n) is 10.8. The van der Waals surface area contributed by atoms with Gasteiger partial charge in [-0.1, -0.05) is 103 Å². The minimum absolute atomic E-state index is 0.130. The molecule has 0 amide bonds. The second-order valence-electron chi connectivity index (χ2n) is 13.7. The van der Waals surface area contributed by atoms with Crippen molar-refractivity contribution in [3.05, 3.63) is 175 Å². The number of benzene rings is 7. The summed E-state index contributed by atoms with van der Waals surface area (Å²) in [7, 11) is 2.07. The van der Waals surface area contributed by atoms with E-state index in [9.17, 15) is 0 Å². The molecule has 0 saturated heterocycles. The van der Waals surface area contributed by atoms with Gasteiger partial charge in [0.25, 0.3) is 0 Å². The topological polar surface area (TPSA) is 38.6 Å². The van der Waals surface area contributed by atoms with Crippen molar-refractivity contribution in [3.8, 4) is 22.5 Å². The zero-order chi connectivity index (χ0) is 34.3. The summed E-state index contributed by atoms with van der Waals surface area (Å²) in [5.74, 6) is 0.857. The van der Waals surface area contributed by atoms with Crippen LogP contribution in [0.15, 0.2) is 173 Å². The molecule has 1 unspecified atom stereocenters. The number of hydrogen-bond donors (Lipinski definition) is 0. The van der Waals surface area contributed by atoms with E-state index in [1.165, 1.54) is 43.6 Å². The van der Waals surface area contributed by atoms with Gasteiger partial charge in [-0.2, -0.15) is 0 Å². The molecule has 0 radical (unpaired) electrons. The normalized spacial score (nSPS) is 14.3. The number of rotatable bonds is 4. The molecule has 0 bridgehead atoms. The second-order valence-corrected chi connectivity index (χ2v) is 13.7. The van der Waals surface area contributed by atoms with E-state index in [1.54, 1.807) is 0 Å². The van der Waals surface area contributed by atoms with Gasteiger partial charge in [-0.15, -0.1) is 0 Å². The number of nitrogens with zero attached hydrogens (tertiary/aromatic N) is 4. The van der Waals surface area contributed by atoms with Crippen LogP contribution >= 0.6 is 0 Å². The highest BCUT2D eigenvalue weighted by Crippen LogP contribution is 2.45. The lowest BCUT2D eigenvalue weighted by Gasteiger charge is -2.28. The molecule has 0 N–H and O–H groups in total. The largest absolute Gasteiger partial charge is 0.456 e. The minimum atomic E-state index is -0.130. The lowest BCUT2D eigenvalue weighted by Crippen LogP contribution is -2.26. The van der Waals surface area contributed by atoms with Crippen molar-refractivity contribution in [2.45, 2.75) is 6.04 Å². The van der Waals surface area contributed by atoms with Gasteiger partial charge >= 0.3 is 0 Å². The maximum atomic E-state index is 6.70. The van der Waals surface area contributed by atoms with Crippen LogP contribution < -0.4 is 0 Å². The monoisotopic (exact) mass is 668 g/mol. The van der Waals surface area contributed by atoms with E-state index in [4.69, 9.17) is 9.41 Å². The zero-order valence-electron chi connectivity index (χ0n) is 28.4. The molecule has 5 heteroatoms. The fourth-order valence-corrected chi connectivity index (χ4v) is 8.45. The molecule has 0 aliphatic carbocycles. The Morgan fingerprint density at radius 2 is 1.00 bits per heavy atom. The molecule has 10 aromatic rings. The van der Waals surface area contributed by atoms with Crippen molar-refractivity contribution in [2.75, 3.05) is 7.05 Å². The third kappa shape index (κ3) is 4.20. The molecule has 1 aliphatic rings. The van der Waals surface area contributed by atoms with Gasteiger partial charge in [0.1, 0.15) is 17.3 Å². The van der Waals surface area contributed by atoms with Crippen molar-refractivity contribution >= 4 is 66.6 Å². The first-order valence-corrected chi connectivity index (χ1v) is 17.7. The summed E-state index contributed by atoms with van der Waals surface area (Å²) in [4.78, 5) is 7.10. The Balaban J connectivity index is 1.01. The first-order chi connectivity index (χ1) is 25.7. The van der Waals surface area contributed by atoms with E-state index in [2.05, 4.69) is 185 Å². The number of furan rings is 1. The molecule has 7 aromatic carbocycles. The molecule has 246 valence electrons. The van der Waals surface area contributed by atoms with Gasteiger partial charge in [0.05, 0.1) is 28.4 Å². The van der Waals surface area contributed by atoms with Crippen LogP contribution in [-0.4, -0.2) is 27.4 Å². The summed E-state index contributed by atoms with van der Waals surface area (Å²) in [6.07, 6.45) is 1.94. The van der Waals surface area contributed by atoms with Crippen LogP contribution in [-0.2, 0) is 0 Å². The lowest BCUT2D eigenvalue weighted by atomic mass is 9.99. The number of para-hydroxylation sites is 4. The summed E-state index contributed by atoms with van der Waals surface area (Å²) < 4.78 is 11.4. The average Bonchev–Trinajstić information content (AvgIpc) is 3.85. The van der Waals surface area contributed by atoms with Crippen LogP contribution in [0.4, 0.5) is 5.69 Å². The molecule has 11 rings (SSSR count). The summed E-state index contributed by atoms with van der Waals surface area (Å²) in [5, 5.41) is 6.03. The van der Waals surface area contributed by atoms with Crippen molar-refractivity contribution in [3.63, 3.8) is 0 Å². The van der Waals surface area contributed by atoms with Crippen LogP contribution in [0.5, 0.6) is 0 Å². The summed E-state index contributed by atoms with van der Waals surface area (Å²) in [5.41, 5.74) is 12.2.